The van der Waals surface area contributed by atoms with E-state index in [4.69, 9.17) is 0 Å². The van der Waals surface area contributed by atoms with E-state index in [1.807, 2.05) is 73.7 Å². The Labute approximate surface area is 193 Å². The second kappa shape index (κ2) is 10.1. The van der Waals surface area contributed by atoms with E-state index in [1.165, 1.54) is 4.31 Å². The lowest BCUT2D eigenvalue weighted by molar-refractivity contribution is 0.589. The first-order chi connectivity index (χ1) is 14.8. The lowest BCUT2D eigenvalue weighted by Gasteiger charge is -2.27. The largest absolute Gasteiger partial charge is 0.266 e. The highest BCUT2D eigenvalue weighted by atomic mass is 79.9. The Morgan fingerprint density at radius 3 is 2.35 bits per heavy atom. The monoisotopic (exact) mass is 495 g/mol. The standard InChI is InChI=1S/C26H26BrNO2S/c1-4-5-9-18-28(31(29,30)24-15-12-20(2)13-16-24)26-17-14-23(27)19-25(26)21(3)22-10-7-6-8-11-22/h4,6-8,10-17,19H,1,3,5,9,18H2,2H3. The molecule has 5 heteroatoms. The van der Waals surface area contributed by atoms with Crippen molar-refractivity contribution in [2.45, 2.75) is 24.7 Å². The molecule has 0 fully saturated rings. The van der Waals surface area contributed by atoms with Gasteiger partial charge in [-0.05, 0) is 61.2 Å². The number of benzene rings is 3. The van der Waals surface area contributed by atoms with Gasteiger partial charge in [0.2, 0.25) is 0 Å². The number of sulfonamides is 1. The minimum atomic E-state index is -3.76. The summed E-state index contributed by atoms with van der Waals surface area (Å²) in [5.74, 6) is 0. The van der Waals surface area contributed by atoms with Gasteiger partial charge in [-0.3, -0.25) is 4.31 Å². The number of rotatable bonds is 9. The molecule has 3 aromatic carbocycles. The van der Waals surface area contributed by atoms with Crippen molar-refractivity contribution in [3.63, 3.8) is 0 Å². The second-order valence-corrected chi connectivity index (χ2v) is 10.1. The summed E-state index contributed by atoms with van der Waals surface area (Å²) >= 11 is 3.53. The number of allylic oxidation sites excluding steroid dienone is 1. The molecular weight excluding hydrogens is 470 g/mol. The van der Waals surface area contributed by atoms with Crippen LogP contribution in [0.4, 0.5) is 5.69 Å². The van der Waals surface area contributed by atoms with Crippen LogP contribution < -0.4 is 4.31 Å². The minimum absolute atomic E-state index is 0.274. The van der Waals surface area contributed by atoms with Crippen molar-refractivity contribution in [2.24, 2.45) is 0 Å². The van der Waals surface area contributed by atoms with E-state index in [2.05, 4.69) is 29.1 Å². The van der Waals surface area contributed by atoms with Crippen LogP contribution in [-0.2, 0) is 10.0 Å². The van der Waals surface area contributed by atoms with E-state index in [0.717, 1.165) is 33.2 Å². The van der Waals surface area contributed by atoms with Crippen molar-refractivity contribution < 1.29 is 8.42 Å². The van der Waals surface area contributed by atoms with Gasteiger partial charge in [-0.25, -0.2) is 8.42 Å². The normalized spacial score (nSPS) is 11.2. The summed E-state index contributed by atoms with van der Waals surface area (Å²) in [6.07, 6.45) is 3.20. The van der Waals surface area contributed by atoms with Crippen molar-refractivity contribution in [3.8, 4) is 0 Å². The molecule has 0 aliphatic heterocycles. The smallest absolute Gasteiger partial charge is 0.264 e. The Morgan fingerprint density at radius 1 is 1.03 bits per heavy atom. The summed E-state index contributed by atoms with van der Waals surface area (Å²) in [5.41, 5.74) is 4.11. The SMILES string of the molecule is C=CCCCN(c1ccc(Br)cc1C(=C)c1ccccc1)S(=O)(=O)c1ccc(C)cc1. The highest BCUT2D eigenvalue weighted by molar-refractivity contribution is 9.10. The fourth-order valence-corrected chi connectivity index (χ4v) is 5.23. The molecule has 0 radical (unpaired) electrons. The maximum atomic E-state index is 13.7. The molecule has 0 unspecified atom stereocenters. The summed E-state index contributed by atoms with van der Waals surface area (Å²) < 4.78 is 29.7. The van der Waals surface area contributed by atoms with Gasteiger partial charge in [0.15, 0.2) is 0 Å². The quantitative estimate of drug-likeness (QED) is 0.237. The molecular formula is C26H26BrNO2S. The molecule has 0 N–H and O–H groups in total. The number of nitrogens with zero attached hydrogens (tertiary/aromatic N) is 1. The average molecular weight is 496 g/mol. The molecule has 0 bridgehead atoms. The zero-order chi connectivity index (χ0) is 22.4. The topological polar surface area (TPSA) is 37.4 Å². The molecule has 31 heavy (non-hydrogen) atoms. The molecule has 3 nitrogen and oxygen atoms in total. The number of anilines is 1. The number of aryl methyl sites for hydroxylation is 1. The summed E-state index contributed by atoms with van der Waals surface area (Å²) in [6, 6.07) is 22.4. The molecule has 0 amide bonds. The van der Waals surface area contributed by atoms with Crippen LogP contribution in [0.2, 0.25) is 0 Å². The van der Waals surface area contributed by atoms with E-state index in [1.54, 1.807) is 12.1 Å². The zero-order valence-corrected chi connectivity index (χ0v) is 20.0. The van der Waals surface area contributed by atoms with Gasteiger partial charge in [-0.1, -0.05) is 76.6 Å². The third-order valence-corrected chi connectivity index (χ3v) is 7.37. The molecule has 0 aliphatic rings. The highest BCUT2D eigenvalue weighted by Crippen LogP contribution is 2.36. The first-order valence-electron chi connectivity index (χ1n) is 10.1. The molecule has 0 saturated carbocycles. The van der Waals surface area contributed by atoms with Crippen LogP contribution in [0.1, 0.15) is 29.5 Å². The maximum Gasteiger partial charge on any atom is 0.264 e. The van der Waals surface area contributed by atoms with Crippen LogP contribution in [0.15, 0.2) is 101 Å². The summed E-state index contributed by atoms with van der Waals surface area (Å²) in [6.45, 7) is 10.3. The molecule has 3 aromatic rings. The highest BCUT2D eigenvalue weighted by Gasteiger charge is 2.27. The van der Waals surface area contributed by atoms with Gasteiger partial charge in [0.25, 0.3) is 10.0 Å². The molecule has 0 atom stereocenters. The van der Waals surface area contributed by atoms with Crippen LogP contribution >= 0.6 is 15.9 Å². The van der Waals surface area contributed by atoms with Crippen molar-refractivity contribution in [2.75, 3.05) is 10.8 Å². The lowest BCUT2D eigenvalue weighted by atomic mass is 9.98. The molecule has 0 aliphatic carbocycles. The average Bonchev–Trinajstić information content (AvgIpc) is 2.77. The molecule has 0 spiro atoms. The Morgan fingerprint density at radius 2 is 1.71 bits per heavy atom. The zero-order valence-electron chi connectivity index (χ0n) is 17.6. The first kappa shape index (κ1) is 23.0. The fourth-order valence-electron chi connectivity index (χ4n) is 3.35. The summed E-state index contributed by atoms with van der Waals surface area (Å²) in [7, 11) is -3.76. The molecule has 0 aromatic heterocycles. The van der Waals surface area contributed by atoms with Gasteiger partial charge in [0, 0.05) is 16.6 Å². The molecule has 0 saturated heterocycles. The third-order valence-electron chi connectivity index (χ3n) is 5.05. The fraction of sp³-hybridized carbons (Fsp3) is 0.154. The number of hydrogen-bond acceptors (Lipinski definition) is 2. The van der Waals surface area contributed by atoms with Gasteiger partial charge in [0.05, 0.1) is 10.6 Å². The van der Waals surface area contributed by atoms with E-state index < -0.39 is 10.0 Å². The molecule has 0 heterocycles. The van der Waals surface area contributed by atoms with Crippen molar-refractivity contribution >= 4 is 37.2 Å². The Bertz CT molecular complexity index is 1170. The van der Waals surface area contributed by atoms with Crippen LogP contribution in [0.3, 0.4) is 0 Å². The molecule has 160 valence electrons. The van der Waals surface area contributed by atoms with Crippen molar-refractivity contribution in [1.29, 1.82) is 0 Å². The predicted molar refractivity (Wildman–Crippen MR) is 134 cm³/mol. The molecule has 3 rings (SSSR count). The predicted octanol–water partition coefficient (Wildman–Crippen LogP) is 6.98. The first-order valence-corrected chi connectivity index (χ1v) is 12.3. The van der Waals surface area contributed by atoms with Gasteiger partial charge < -0.3 is 0 Å². The van der Waals surface area contributed by atoms with Crippen molar-refractivity contribution in [1.82, 2.24) is 0 Å². The summed E-state index contributed by atoms with van der Waals surface area (Å²) in [5, 5.41) is 0. The van der Waals surface area contributed by atoms with Gasteiger partial charge in [-0.15, -0.1) is 6.58 Å². The van der Waals surface area contributed by atoms with Crippen molar-refractivity contribution in [3.05, 3.63) is 113 Å². The van der Waals surface area contributed by atoms with E-state index in [-0.39, 0.29) is 4.90 Å². The number of halogens is 1. The van der Waals surface area contributed by atoms with Gasteiger partial charge >= 0.3 is 0 Å². The van der Waals surface area contributed by atoms with E-state index in [0.29, 0.717) is 18.7 Å². The Hall–Kier alpha value is -2.63. The Balaban J connectivity index is 2.14. The summed E-state index contributed by atoms with van der Waals surface area (Å²) in [4.78, 5) is 0.274. The minimum Gasteiger partial charge on any atom is -0.266 e. The van der Waals surface area contributed by atoms with Crippen LogP contribution in [0.5, 0.6) is 0 Å². The lowest BCUT2D eigenvalue weighted by Crippen LogP contribution is -2.32. The van der Waals surface area contributed by atoms with Gasteiger partial charge in [-0.2, -0.15) is 0 Å². The van der Waals surface area contributed by atoms with E-state index in [9.17, 15) is 8.42 Å². The second-order valence-electron chi connectivity index (χ2n) is 7.33. The number of hydrogen-bond donors (Lipinski definition) is 0. The third kappa shape index (κ3) is 5.35. The Kier molecular flexibility index (Phi) is 7.52. The van der Waals surface area contributed by atoms with Crippen LogP contribution in [0.25, 0.3) is 5.57 Å². The van der Waals surface area contributed by atoms with Crippen LogP contribution in [-0.4, -0.2) is 15.0 Å². The number of unbranched alkanes of at least 4 members (excludes halogenated alkanes) is 1. The van der Waals surface area contributed by atoms with E-state index >= 15 is 0 Å². The van der Waals surface area contributed by atoms with Crippen LogP contribution in [0, 0.1) is 6.92 Å². The maximum absolute atomic E-state index is 13.7. The van der Waals surface area contributed by atoms with Gasteiger partial charge in [0.1, 0.15) is 0 Å².